The lowest BCUT2D eigenvalue weighted by atomic mass is 10.1. The summed E-state index contributed by atoms with van der Waals surface area (Å²) in [6.07, 6.45) is -1.12. The predicted molar refractivity (Wildman–Crippen MR) is 126 cm³/mol. The second kappa shape index (κ2) is 8.18. The van der Waals surface area contributed by atoms with Crippen LogP contribution in [0.4, 0.5) is 23.2 Å². The maximum atomic E-state index is 13.8. The molecule has 1 amide bonds. The number of amides is 1. The average molecular weight is 493 g/mol. The number of hydrogen-bond donors (Lipinski definition) is 1. The van der Waals surface area contributed by atoms with Crippen LogP contribution in [0, 0.1) is 5.82 Å². The lowest BCUT2D eigenvalue weighted by Crippen LogP contribution is -2.18. The van der Waals surface area contributed by atoms with Crippen LogP contribution in [0.1, 0.15) is 33.9 Å². The normalized spacial score (nSPS) is 13.4. The topological polar surface area (TPSA) is 64.7 Å². The molecule has 0 radical (unpaired) electrons. The molecule has 36 heavy (non-hydrogen) atoms. The van der Waals surface area contributed by atoms with E-state index in [9.17, 15) is 22.4 Å². The highest BCUT2D eigenvalue weighted by molar-refractivity contribution is 6.07. The van der Waals surface area contributed by atoms with Crippen LogP contribution < -0.4 is 5.32 Å². The van der Waals surface area contributed by atoms with E-state index in [4.69, 9.17) is 0 Å². The Balaban J connectivity index is 1.40. The minimum absolute atomic E-state index is 0.0103. The van der Waals surface area contributed by atoms with E-state index in [1.54, 1.807) is 12.1 Å². The largest absolute Gasteiger partial charge is 0.416 e. The minimum atomic E-state index is -4.55. The molecule has 10 heteroatoms. The van der Waals surface area contributed by atoms with Crippen molar-refractivity contribution in [3.63, 3.8) is 0 Å². The molecule has 0 aliphatic carbocycles. The van der Waals surface area contributed by atoms with E-state index in [1.807, 2.05) is 0 Å². The zero-order valence-electron chi connectivity index (χ0n) is 18.8. The molecule has 0 saturated carbocycles. The summed E-state index contributed by atoms with van der Waals surface area (Å²) < 4.78 is 57.6. The van der Waals surface area contributed by atoms with Crippen molar-refractivity contribution in [2.75, 3.05) is 5.32 Å². The van der Waals surface area contributed by atoms with Gasteiger partial charge in [-0.2, -0.15) is 13.2 Å². The van der Waals surface area contributed by atoms with Gasteiger partial charge in [0.05, 0.1) is 17.4 Å². The van der Waals surface area contributed by atoms with Crippen LogP contribution in [0.2, 0.25) is 0 Å². The lowest BCUT2D eigenvalue weighted by molar-refractivity contribution is -0.137. The highest BCUT2D eigenvalue weighted by Crippen LogP contribution is 2.33. The Labute approximate surface area is 202 Å². The number of aryl methyl sites for hydroxylation is 2. The van der Waals surface area contributed by atoms with Crippen molar-refractivity contribution in [2.45, 2.75) is 32.1 Å². The third kappa shape index (κ3) is 3.88. The highest BCUT2D eigenvalue weighted by Gasteiger charge is 2.31. The number of hydrogen-bond acceptors (Lipinski definition) is 3. The van der Waals surface area contributed by atoms with Crippen LogP contribution in [0.15, 0.2) is 60.8 Å². The molecule has 5 aromatic rings. The van der Waals surface area contributed by atoms with Crippen LogP contribution in [0.25, 0.3) is 22.1 Å². The van der Waals surface area contributed by atoms with Crippen molar-refractivity contribution in [1.82, 2.24) is 19.1 Å². The number of halogens is 4. The molecule has 0 fully saturated rings. The molecular weight excluding hydrogens is 474 g/mol. The van der Waals surface area contributed by atoms with Crippen molar-refractivity contribution in [1.29, 1.82) is 0 Å². The first-order valence-corrected chi connectivity index (χ1v) is 11.4. The Morgan fingerprint density at radius 3 is 2.75 bits per heavy atom. The van der Waals surface area contributed by atoms with Crippen LogP contribution in [-0.2, 0) is 25.7 Å². The fourth-order valence-electron chi connectivity index (χ4n) is 4.75. The number of carbonyl (C=O) groups is 1. The van der Waals surface area contributed by atoms with E-state index in [2.05, 4.69) is 19.9 Å². The Hall–Kier alpha value is -4.21. The molecule has 0 saturated heterocycles. The molecule has 0 atom stereocenters. The molecule has 3 aromatic heterocycles. The molecule has 1 aliphatic rings. The van der Waals surface area contributed by atoms with E-state index < -0.39 is 23.5 Å². The minimum Gasteiger partial charge on any atom is -0.332 e. The van der Waals surface area contributed by atoms with E-state index in [1.165, 1.54) is 41.1 Å². The molecule has 1 aliphatic heterocycles. The van der Waals surface area contributed by atoms with Gasteiger partial charge in [0.2, 0.25) is 0 Å². The molecule has 1 N–H and O–H groups in total. The number of aromatic nitrogens is 4. The molecule has 0 unspecified atom stereocenters. The van der Waals surface area contributed by atoms with Gasteiger partial charge in [-0.15, -0.1) is 0 Å². The number of nitrogens with zero attached hydrogens (tertiary/aromatic N) is 4. The molecule has 6 rings (SSSR count). The first kappa shape index (κ1) is 22.3. The van der Waals surface area contributed by atoms with Crippen LogP contribution in [-0.4, -0.2) is 25.0 Å². The molecule has 0 bridgehead atoms. The Morgan fingerprint density at radius 1 is 1.08 bits per heavy atom. The number of pyridine rings is 1. The van der Waals surface area contributed by atoms with Gasteiger partial charge in [0, 0.05) is 30.4 Å². The molecule has 0 spiro atoms. The Morgan fingerprint density at radius 2 is 1.94 bits per heavy atom. The molecule has 182 valence electrons. The second-order valence-corrected chi connectivity index (χ2v) is 8.82. The van der Waals surface area contributed by atoms with Gasteiger partial charge in [-0.3, -0.25) is 4.79 Å². The highest BCUT2D eigenvalue weighted by atomic mass is 19.4. The number of rotatable bonds is 4. The van der Waals surface area contributed by atoms with Gasteiger partial charge < -0.3 is 14.5 Å². The number of alkyl halides is 3. The Kier molecular flexibility index (Phi) is 5.06. The zero-order valence-corrected chi connectivity index (χ0v) is 18.8. The van der Waals surface area contributed by atoms with Gasteiger partial charge >= 0.3 is 6.18 Å². The van der Waals surface area contributed by atoms with E-state index >= 15 is 0 Å². The summed E-state index contributed by atoms with van der Waals surface area (Å²) >= 11 is 0. The molecule has 4 heterocycles. The van der Waals surface area contributed by atoms with E-state index in [-0.39, 0.29) is 17.8 Å². The number of carbonyl (C=O) groups excluding carboxylic acids is 1. The number of anilines is 1. The van der Waals surface area contributed by atoms with E-state index in [0.29, 0.717) is 22.2 Å². The number of imidazole rings is 1. The summed E-state index contributed by atoms with van der Waals surface area (Å²) in [5, 5.41) is 3.25. The van der Waals surface area contributed by atoms with E-state index in [0.717, 1.165) is 43.0 Å². The summed E-state index contributed by atoms with van der Waals surface area (Å²) in [6, 6.07) is 12.3. The summed E-state index contributed by atoms with van der Waals surface area (Å²) in [7, 11) is 0. The quantitative estimate of drug-likeness (QED) is 0.322. The first-order chi connectivity index (χ1) is 17.3. The van der Waals surface area contributed by atoms with Crippen molar-refractivity contribution >= 4 is 33.7 Å². The number of nitrogens with one attached hydrogen (secondary N) is 1. The van der Waals surface area contributed by atoms with Gasteiger partial charge in [-0.1, -0.05) is 18.2 Å². The van der Waals surface area contributed by atoms with Crippen LogP contribution in [0.3, 0.4) is 0 Å². The van der Waals surface area contributed by atoms with Gasteiger partial charge in [-0.25, -0.2) is 14.4 Å². The average Bonchev–Trinajstić information content (AvgIpc) is 3.51. The predicted octanol–water partition coefficient (Wildman–Crippen LogP) is 5.79. The fraction of sp³-hybridized carbons (Fsp3) is 0.192. The standard InChI is InChI=1S/C26H19F4N5O/c27-18-4-1-3-15(9-18)14-35-21-11-17(26(28,29)30)7-6-16(21)10-22(35)25(36)32-19-12-20-24(31-13-19)34-8-2-5-23(34)33-20/h1,3-4,6-7,9-13H,2,5,8,14H2,(H,32,36). The van der Waals surface area contributed by atoms with Crippen molar-refractivity contribution in [3.8, 4) is 0 Å². The van der Waals surface area contributed by atoms with Gasteiger partial charge in [0.25, 0.3) is 5.91 Å². The number of benzene rings is 2. The van der Waals surface area contributed by atoms with Crippen molar-refractivity contribution < 1.29 is 22.4 Å². The summed E-state index contributed by atoms with van der Waals surface area (Å²) in [6.45, 7) is 0.862. The van der Waals surface area contributed by atoms with Gasteiger partial charge in [0.15, 0.2) is 5.65 Å². The smallest absolute Gasteiger partial charge is 0.332 e. The zero-order chi connectivity index (χ0) is 25.0. The third-order valence-electron chi connectivity index (χ3n) is 6.40. The number of fused-ring (bicyclic) bond motifs is 4. The SMILES string of the molecule is O=C(Nc1cnc2c(c1)nc1n2CCC1)c1cc2ccc(C(F)(F)F)cc2n1Cc1cccc(F)c1. The monoisotopic (exact) mass is 493 g/mol. The van der Waals surface area contributed by atoms with Crippen molar-refractivity contribution in [2.24, 2.45) is 0 Å². The maximum Gasteiger partial charge on any atom is 0.416 e. The summed E-state index contributed by atoms with van der Waals surface area (Å²) in [4.78, 5) is 22.4. The molecule has 2 aromatic carbocycles. The Bertz CT molecular complexity index is 1650. The van der Waals surface area contributed by atoms with Gasteiger partial charge in [-0.05, 0) is 48.4 Å². The maximum absolute atomic E-state index is 13.8. The summed E-state index contributed by atoms with van der Waals surface area (Å²) in [5.74, 6) is -0.0435. The van der Waals surface area contributed by atoms with Crippen LogP contribution in [0.5, 0.6) is 0 Å². The second-order valence-electron chi connectivity index (χ2n) is 8.82. The fourth-order valence-corrected chi connectivity index (χ4v) is 4.75. The van der Waals surface area contributed by atoms with Gasteiger partial charge in [0.1, 0.15) is 22.9 Å². The molecule has 6 nitrogen and oxygen atoms in total. The van der Waals surface area contributed by atoms with Crippen LogP contribution >= 0.6 is 0 Å². The first-order valence-electron chi connectivity index (χ1n) is 11.4. The van der Waals surface area contributed by atoms with Crippen molar-refractivity contribution in [3.05, 3.63) is 89.3 Å². The summed E-state index contributed by atoms with van der Waals surface area (Å²) in [5.41, 5.74) is 1.87. The third-order valence-corrected chi connectivity index (χ3v) is 6.40. The molecular formula is C26H19F4N5O. The lowest BCUT2D eigenvalue weighted by Gasteiger charge is -2.13.